The molecule has 0 aromatic heterocycles. The highest BCUT2D eigenvalue weighted by molar-refractivity contribution is 9.10. The molecule has 0 aliphatic rings. The first kappa shape index (κ1) is 15.0. The second-order valence-electron chi connectivity index (χ2n) is 4.61. The van der Waals surface area contributed by atoms with Gasteiger partial charge in [-0.2, -0.15) is 0 Å². The van der Waals surface area contributed by atoms with E-state index in [4.69, 9.17) is 4.74 Å². The average molecular weight is 338 g/mol. The summed E-state index contributed by atoms with van der Waals surface area (Å²) in [7, 11) is 1.65. The Morgan fingerprint density at radius 2 is 2.05 bits per heavy atom. The largest absolute Gasteiger partial charge is 0.497 e. The lowest BCUT2D eigenvalue weighted by atomic mass is 10.1. The van der Waals surface area contributed by atoms with Gasteiger partial charge >= 0.3 is 0 Å². The Kier molecular flexibility index (Phi) is 5.15. The number of hydrogen-bond donors (Lipinski definition) is 1. The molecular weight excluding hydrogens is 321 g/mol. The molecule has 0 saturated heterocycles. The zero-order valence-corrected chi connectivity index (χ0v) is 13.1. The normalized spacial score (nSPS) is 12.2. The summed E-state index contributed by atoms with van der Waals surface area (Å²) in [4.78, 5) is 0. The summed E-state index contributed by atoms with van der Waals surface area (Å²) < 4.78 is 19.7. The molecule has 2 aromatic carbocycles. The minimum absolute atomic E-state index is 0.114. The molecule has 0 aliphatic heterocycles. The molecule has 0 saturated carbocycles. The van der Waals surface area contributed by atoms with Gasteiger partial charge in [-0.1, -0.05) is 28.1 Å². The third-order valence-corrected chi connectivity index (χ3v) is 3.69. The third kappa shape index (κ3) is 3.81. The van der Waals surface area contributed by atoms with Crippen LogP contribution in [0, 0.1) is 5.82 Å². The molecule has 106 valence electrons. The molecule has 4 heteroatoms. The number of nitrogens with one attached hydrogen (secondary N) is 1. The molecule has 0 fully saturated rings. The van der Waals surface area contributed by atoms with Crippen molar-refractivity contribution in [1.82, 2.24) is 5.32 Å². The van der Waals surface area contributed by atoms with Gasteiger partial charge in [-0.25, -0.2) is 4.39 Å². The molecule has 0 aliphatic carbocycles. The van der Waals surface area contributed by atoms with Gasteiger partial charge in [0.15, 0.2) is 0 Å². The van der Waals surface area contributed by atoms with Gasteiger partial charge in [-0.15, -0.1) is 0 Å². The van der Waals surface area contributed by atoms with Crippen molar-refractivity contribution in [3.8, 4) is 5.75 Å². The number of methoxy groups -OCH3 is 1. The fourth-order valence-electron chi connectivity index (χ4n) is 1.97. The minimum Gasteiger partial charge on any atom is -0.497 e. The summed E-state index contributed by atoms with van der Waals surface area (Å²) in [5, 5.41) is 3.32. The van der Waals surface area contributed by atoms with Crippen molar-refractivity contribution >= 4 is 15.9 Å². The first-order chi connectivity index (χ1) is 9.60. The second kappa shape index (κ2) is 6.86. The average Bonchev–Trinajstić information content (AvgIpc) is 2.48. The molecule has 1 atom stereocenters. The summed E-state index contributed by atoms with van der Waals surface area (Å²) in [6.07, 6.45) is 0. The van der Waals surface area contributed by atoms with Crippen molar-refractivity contribution in [2.75, 3.05) is 7.11 Å². The molecule has 0 heterocycles. The van der Waals surface area contributed by atoms with Gasteiger partial charge in [0, 0.05) is 22.6 Å². The smallest absolute Gasteiger partial charge is 0.127 e. The highest BCUT2D eigenvalue weighted by Gasteiger charge is 2.08. The lowest BCUT2D eigenvalue weighted by molar-refractivity contribution is 0.413. The van der Waals surface area contributed by atoms with E-state index < -0.39 is 0 Å². The molecule has 2 nitrogen and oxygen atoms in total. The molecule has 0 radical (unpaired) electrons. The van der Waals surface area contributed by atoms with E-state index in [-0.39, 0.29) is 11.9 Å². The van der Waals surface area contributed by atoms with E-state index in [2.05, 4.69) is 21.2 Å². The quantitative estimate of drug-likeness (QED) is 0.870. The van der Waals surface area contributed by atoms with Crippen LogP contribution < -0.4 is 10.1 Å². The molecule has 0 unspecified atom stereocenters. The number of ether oxygens (including phenoxy) is 1. The standard InChI is InChI=1S/C16H17BrFNO/c1-11(12-4-3-5-15(9-12)20-2)19-10-13-8-14(17)6-7-16(13)18/h3-9,11,19H,10H2,1-2H3/t11-/m0/s1. The van der Waals surface area contributed by atoms with Crippen LogP contribution in [0.15, 0.2) is 46.9 Å². The fourth-order valence-corrected chi connectivity index (χ4v) is 2.38. The van der Waals surface area contributed by atoms with E-state index in [0.717, 1.165) is 15.8 Å². The Bertz CT molecular complexity index is 588. The van der Waals surface area contributed by atoms with Crippen LogP contribution >= 0.6 is 15.9 Å². The zero-order chi connectivity index (χ0) is 14.5. The van der Waals surface area contributed by atoms with Crippen LogP contribution in [0.5, 0.6) is 5.75 Å². The summed E-state index contributed by atoms with van der Waals surface area (Å²) in [6.45, 7) is 2.52. The van der Waals surface area contributed by atoms with Gasteiger partial charge in [-0.3, -0.25) is 0 Å². The maximum atomic E-state index is 13.7. The lowest BCUT2D eigenvalue weighted by Crippen LogP contribution is -2.18. The fraction of sp³-hybridized carbons (Fsp3) is 0.250. The zero-order valence-electron chi connectivity index (χ0n) is 11.5. The number of halogens is 2. The maximum Gasteiger partial charge on any atom is 0.127 e. The van der Waals surface area contributed by atoms with Crippen LogP contribution in [0.2, 0.25) is 0 Å². The first-order valence-electron chi connectivity index (χ1n) is 6.41. The van der Waals surface area contributed by atoms with Crippen LogP contribution in [0.3, 0.4) is 0 Å². The van der Waals surface area contributed by atoms with E-state index in [1.165, 1.54) is 6.07 Å². The van der Waals surface area contributed by atoms with Crippen LogP contribution in [-0.4, -0.2) is 7.11 Å². The molecule has 2 rings (SSSR count). The van der Waals surface area contributed by atoms with E-state index in [1.54, 1.807) is 19.2 Å². The third-order valence-electron chi connectivity index (χ3n) is 3.20. The topological polar surface area (TPSA) is 21.3 Å². The Balaban J connectivity index is 2.04. The van der Waals surface area contributed by atoms with Gasteiger partial charge in [0.2, 0.25) is 0 Å². The molecule has 2 aromatic rings. The molecule has 1 N–H and O–H groups in total. The van der Waals surface area contributed by atoms with Crippen molar-refractivity contribution in [2.45, 2.75) is 19.5 Å². The van der Waals surface area contributed by atoms with Crippen molar-refractivity contribution < 1.29 is 9.13 Å². The van der Waals surface area contributed by atoms with Crippen molar-refractivity contribution in [1.29, 1.82) is 0 Å². The van der Waals surface area contributed by atoms with Crippen molar-refractivity contribution in [3.63, 3.8) is 0 Å². The number of hydrogen-bond acceptors (Lipinski definition) is 2. The SMILES string of the molecule is COc1cccc([C@H](C)NCc2cc(Br)ccc2F)c1. The van der Waals surface area contributed by atoms with Gasteiger partial charge in [-0.05, 0) is 42.8 Å². The van der Waals surface area contributed by atoms with E-state index in [0.29, 0.717) is 12.1 Å². The van der Waals surface area contributed by atoms with Crippen LogP contribution in [0.4, 0.5) is 4.39 Å². The van der Waals surface area contributed by atoms with E-state index in [1.807, 2.05) is 31.2 Å². The van der Waals surface area contributed by atoms with Crippen molar-refractivity contribution in [2.24, 2.45) is 0 Å². The Morgan fingerprint density at radius 3 is 2.80 bits per heavy atom. The van der Waals surface area contributed by atoms with Crippen LogP contribution in [-0.2, 0) is 6.54 Å². The Morgan fingerprint density at radius 1 is 1.25 bits per heavy atom. The molecule has 0 spiro atoms. The summed E-state index contributed by atoms with van der Waals surface area (Å²) in [5.74, 6) is 0.628. The predicted molar refractivity (Wildman–Crippen MR) is 82.3 cm³/mol. The van der Waals surface area contributed by atoms with E-state index in [9.17, 15) is 4.39 Å². The van der Waals surface area contributed by atoms with Gasteiger partial charge in [0.25, 0.3) is 0 Å². The lowest BCUT2D eigenvalue weighted by Gasteiger charge is -2.15. The molecule has 0 bridgehead atoms. The maximum absolute atomic E-state index is 13.7. The number of rotatable bonds is 5. The van der Waals surface area contributed by atoms with E-state index >= 15 is 0 Å². The second-order valence-corrected chi connectivity index (χ2v) is 5.53. The highest BCUT2D eigenvalue weighted by Crippen LogP contribution is 2.20. The van der Waals surface area contributed by atoms with Crippen molar-refractivity contribution in [3.05, 3.63) is 63.9 Å². The Hall–Kier alpha value is -1.39. The molecule has 0 amide bonds. The molecular formula is C16H17BrFNO. The summed E-state index contributed by atoms with van der Waals surface area (Å²) >= 11 is 3.36. The highest BCUT2D eigenvalue weighted by atomic mass is 79.9. The van der Waals surface area contributed by atoms with Gasteiger partial charge in [0.1, 0.15) is 11.6 Å². The predicted octanol–water partition coefficient (Wildman–Crippen LogP) is 4.45. The summed E-state index contributed by atoms with van der Waals surface area (Å²) in [6, 6.07) is 12.9. The molecule has 20 heavy (non-hydrogen) atoms. The van der Waals surface area contributed by atoms with Gasteiger partial charge < -0.3 is 10.1 Å². The summed E-state index contributed by atoms with van der Waals surface area (Å²) in [5.41, 5.74) is 1.76. The monoisotopic (exact) mass is 337 g/mol. The van der Waals surface area contributed by atoms with Gasteiger partial charge in [0.05, 0.1) is 7.11 Å². The van der Waals surface area contributed by atoms with Crippen LogP contribution in [0.25, 0.3) is 0 Å². The Labute approximate surface area is 127 Å². The first-order valence-corrected chi connectivity index (χ1v) is 7.20. The minimum atomic E-state index is -0.196. The number of benzene rings is 2. The van der Waals surface area contributed by atoms with Crippen LogP contribution in [0.1, 0.15) is 24.1 Å².